The SMILES string of the molecule is CC(=O)Nc1ccc(C(=O)COC(=O)c2cc(C)nc3c2cnn3C(C)C)c(F)c1. The number of carbonyl (C=O) groups excluding carboxylic acids is 3. The van der Waals surface area contributed by atoms with Gasteiger partial charge < -0.3 is 10.1 Å². The van der Waals surface area contributed by atoms with Gasteiger partial charge in [-0.25, -0.2) is 18.9 Å². The molecule has 0 unspecified atom stereocenters. The first kappa shape index (κ1) is 21.1. The summed E-state index contributed by atoms with van der Waals surface area (Å²) < 4.78 is 21.0. The zero-order valence-corrected chi connectivity index (χ0v) is 17.0. The van der Waals surface area contributed by atoms with Gasteiger partial charge in [0.2, 0.25) is 11.7 Å². The fraction of sp³-hybridized carbons (Fsp3) is 0.286. The number of hydrogen-bond acceptors (Lipinski definition) is 6. The normalized spacial score (nSPS) is 11.0. The average molecular weight is 412 g/mol. The van der Waals surface area contributed by atoms with Crippen LogP contribution in [0.1, 0.15) is 53.2 Å². The Morgan fingerprint density at radius 1 is 1.20 bits per heavy atom. The molecule has 0 atom stereocenters. The summed E-state index contributed by atoms with van der Waals surface area (Å²) in [4.78, 5) is 40.4. The van der Waals surface area contributed by atoms with E-state index in [1.807, 2.05) is 13.8 Å². The summed E-state index contributed by atoms with van der Waals surface area (Å²) in [5, 5.41) is 7.20. The van der Waals surface area contributed by atoms with Gasteiger partial charge in [-0.2, -0.15) is 5.10 Å². The van der Waals surface area contributed by atoms with Crippen molar-refractivity contribution >= 4 is 34.4 Å². The van der Waals surface area contributed by atoms with Crippen molar-refractivity contribution in [2.45, 2.75) is 33.7 Å². The molecule has 1 aromatic carbocycles. The maximum atomic E-state index is 14.2. The third-order valence-electron chi connectivity index (χ3n) is 4.33. The van der Waals surface area contributed by atoms with Crippen LogP contribution in [0.3, 0.4) is 0 Å². The van der Waals surface area contributed by atoms with Crippen molar-refractivity contribution in [3.63, 3.8) is 0 Å². The second-order valence-electron chi connectivity index (χ2n) is 7.11. The zero-order chi connectivity index (χ0) is 22.0. The minimum absolute atomic E-state index is 0.0469. The fourth-order valence-corrected chi connectivity index (χ4v) is 3.00. The molecule has 0 saturated heterocycles. The first-order valence-corrected chi connectivity index (χ1v) is 9.29. The average Bonchev–Trinajstić information content (AvgIpc) is 3.08. The summed E-state index contributed by atoms with van der Waals surface area (Å²) in [5.41, 5.74) is 1.37. The molecule has 2 aromatic heterocycles. The summed E-state index contributed by atoms with van der Waals surface area (Å²) >= 11 is 0. The standard InChI is InChI=1S/C21H21FN4O4/c1-11(2)26-20-17(9-23-26)16(7-12(3)24-20)21(29)30-10-19(28)15-6-5-14(8-18(15)22)25-13(4)27/h5-9,11H,10H2,1-4H3,(H,25,27). The Hall–Kier alpha value is -3.62. The minimum atomic E-state index is -0.817. The Kier molecular flexibility index (Phi) is 5.91. The van der Waals surface area contributed by atoms with Crippen LogP contribution >= 0.6 is 0 Å². The van der Waals surface area contributed by atoms with Crippen molar-refractivity contribution in [2.24, 2.45) is 0 Å². The van der Waals surface area contributed by atoms with E-state index in [4.69, 9.17) is 4.74 Å². The molecule has 30 heavy (non-hydrogen) atoms. The molecule has 1 amide bonds. The molecule has 0 saturated carbocycles. The lowest BCUT2D eigenvalue weighted by molar-refractivity contribution is -0.114. The molecule has 0 radical (unpaired) electrons. The molecule has 3 rings (SSSR count). The second kappa shape index (κ2) is 8.40. The van der Waals surface area contributed by atoms with Gasteiger partial charge in [-0.15, -0.1) is 0 Å². The van der Waals surface area contributed by atoms with E-state index in [2.05, 4.69) is 15.4 Å². The number of nitrogens with zero attached hydrogens (tertiary/aromatic N) is 3. The number of Topliss-reactive ketones (excluding diaryl/α,β-unsaturated/α-hetero) is 1. The number of aryl methyl sites for hydroxylation is 1. The predicted molar refractivity (Wildman–Crippen MR) is 108 cm³/mol. The molecular formula is C21H21FN4O4. The Balaban J connectivity index is 1.77. The van der Waals surface area contributed by atoms with Gasteiger partial charge in [0.05, 0.1) is 22.7 Å². The molecule has 0 bridgehead atoms. The molecule has 2 heterocycles. The van der Waals surface area contributed by atoms with Gasteiger partial charge >= 0.3 is 5.97 Å². The lowest BCUT2D eigenvalue weighted by Crippen LogP contribution is -2.16. The van der Waals surface area contributed by atoms with E-state index in [0.717, 1.165) is 6.07 Å². The number of anilines is 1. The third kappa shape index (κ3) is 4.35. The van der Waals surface area contributed by atoms with E-state index >= 15 is 0 Å². The number of carbonyl (C=O) groups is 3. The third-order valence-corrected chi connectivity index (χ3v) is 4.33. The van der Waals surface area contributed by atoms with E-state index in [1.54, 1.807) is 17.7 Å². The zero-order valence-electron chi connectivity index (χ0n) is 17.0. The van der Waals surface area contributed by atoms with E-state index in [1.165, 1.54) is 25.3 Å². The Morgan fingerprint density at radius 3 is 2.57 bits per heavy atom. The van der Waals surface area contributed by atoms with Crippen molar-refractivity contribution in [2.75, 3.05) is 11.9 Å². The van der Waals surface area contributed by atoms with Crippen LogP contribution in [0.15, 0.2) is 30.5 Å². The van der Waals surface area contributed by atoms with E-state index in [0.29, 0.717) is 16.7 Å². The number of fused-ring (bicyclic) bond motifs is 1. The van der Waals surface area contributed by atoms with Crippen molar-refractivity contribution in [3.8, 4) is 0 Å². The number of rotatable bonds is 6. The highest BCUT2D eigenvalue weighted by Crippen LogP contribution is 2.22. The molecule has 8 nitrogen and oxygen atoms in total. The van der Waals surface area contributed by atoms with Crippen molar-refractivity contribution in [1.29, 1.82) is 0 Å². The molecule has 0 aliphatic carbocycles. The molecule has 0 fully saturated rings. The summed E-state index contributed by atoms with van der Waals surface area (Å²) in [6.45, 7) is 6.29. The Labute approximate surface area is 172 Å². The summed E-state index contributed by atoms with van der Waals surface area (Å²) in [6.07, 6.45) is 1.53. The number of hydrogen-bond donors (Lipinski definition) is 1. The largest absolute Gasteiger partial charge is 0.454 e. The quantitative estimate of drug-likeness (QED) is 0.491. The van der Waals surface area contributed by atoms with Crippen LogP contribution in [-0.2, 0) is 9.53 Å². The summed E-state index contributed by atoms with van der Waals surface area (Å²) in [7, 11) is 0. The minimum Gasteiger partial charge on any atom is -0.454 e. The summed E-state index contributed by atoms with van der Waals surface area (Å²) in [5.74, 6) is -2.60. The first-order valence-electron chi connectivity index (χ1n) is 9.29. The topological polar surface area (TPSA) is 103 Å². The number of benzene rings is 1. The lowest BCUT2D eigenvalue weighted by atomic mass is 10.1. The number of ketones is 1. The van der Waals surface area contributed by atoms with Crippen LogP contribution in [0.5, 0.6) is 0 Å². The van der Waals surface area contributed by atoms with Crippen LogP contribution in [-0.4, -0.2) is 39.0 Å². The Bertz CT molecular complexity index is 1150. The van der Waals surface area contributed by atoms with Gasteiger partial charge in [0.25, 0.3) is 0 Å². The van der Waals surface area contributed by atoms with Crippen molar-refractivity contribution in [1.82, 2.24) is 14.8 Å². The fourth-order valence-electron chi connectivity index (χ4n) is 3.00. The number of ether oxygens (including phenoxy) is 1. The van der Waals surface area contributed by atoms with Gasteiger partial charge in [-0.05, 0) is 45.0 Å². The smallest absolute Gasteiger partial charge is 0.339 e. The number of nitrogens with one attached hydrogen (secondary N) is 1. The Morgan fingerprint density at radius 2 is 1.93 bits per heavy atom. The van der Waals surface area contributed by atoms with E-state index in [9.17, 15) is 18.8 Å². The van der Waals surface area contributed by atoms with Crippen molar-refractivity contribution < 1.29 is 23.5 Å². The van der Waals surface area contributed by atoms with Crippen LogP contribution in [0, 0.1) is 12.7 Å². The van der Waals surface area contributed by atoms with E-state index in [-0.39, 0.29) is 28.8 Å². The molecule has 1 N–H and O–H groups in total. The van der Waals surface area contributed by atoms with Gasteiger partial charge in [0.1, 0.15) is 5.82 Å². The number of aromatic nitrogens is 3. The molecule has 0 aliphatic heterocycles. The highest BCUT2D eigenvalue weighted by Gasteiger charge is 2.20. The molecule has 0 aliphatic rings. The van der Waals surface area contributed by atoms with Gasteiger partial charge in [-0.1, -0.05) is 0 Å². The number of pyridine rings is 1. The van der Waals surface area contributed by atoms with Crippen LogP contribution in [0.2, 0.25) is 0 Å². The van der Waals surface area contributed by atoms with Crippen molar-refractivity contribution in [3.05, 3.63) is 53.1 Å². The molecule has 156 valence electrons. The predicted octanol–water partition coefficient (Wildman–Crippen LogP) is 3.46. The second-order valence-corrected chi connectivity index (χ2v) is 7.11. The van der Waals surface area contributed by atoms with Crippen LogP contribution in [0.4, 0.5) is 10.1 Å². The number of amides is 1. The highest BCUT2D eigenvalue weighted by atomic mass is 19.1. The maximum Gasteiger partial charge on any atom is 0.339 e. The number of halogens is 1. The number of esters is 1. The first-order chi connectivity index (χ1) is 14.2. The van der Waals surface area contributed by atoms with Crippen LogP contribution in [0.25, 0.3) is 11.0 Å². The molecular weight excluding hydrogens is 391 g/mol. The molecule has 9 heteroatoms. The van der Waals surface area contributed by atoms with Gasteiger partial charge in [-0.3, -0.25) is 9.59 Å². The lowest BCUT2D eigenvalue weighted by Gasteiger charge is -2.09. The monoisotopic (exact) mass is 412 g/mol. The highest BCUT2D eigenvalue weighted by molar-refractivity contribution is 6.04. The van der Waals surface area contributed by atoms with Gasteiger partial charge in [0, 0.05) is 24.3 Å². The summed E-state index contributed by atoms with van der Waals surface area (Å²) in [6, 6.07) is 5.27. The maximum absolute atomic E-state index is 14.2. The molecule has 3 aromatic rings. The van der Waals surface area contributed by atoms with Crippen LogP contribution < -0.4 is 5.32 Å². The van der Waals surface area contributed by atoms with Gasteiger partial charge in [0.15, 0.2) is 12.3 Å². The molecule has 0 spiro atoms. The van der Waals surface area contributed by atoms with E-state index < -0.39 is 24.2 Å².